The van der Waals surface area contributed by atoms with Crippen LogP contribution in [-0.2, 0) is 0 Å². The Labute approximate surface area is 94.8 Å². The number of rotatable bonds is 3. The van der Waals surface area contributed by atoms with Gasteiger partial charge in [-0.2, -0.15) is 0 Å². The summed E-state index contributed by atoms with van der Waals surface area (Å²) in [6, 6.07) is 3.52. The lowest BCUT2D eigenvalue weighted by molar-refractivity contribution is 0.139. The van der Waals surface area contributed by atoms with Gasteiger partial charge >= 0.3 is 0 Å². The summed E-state index contributed by atoms with van der Waals surface area (Å²) >= 11 is 0. The van der Waals surface area contributed by atoms with Gasteiger partial charge in [0.25, 0.3) is 0 Å². The first-order valence-corrected chi connectivity index (χ1v) is 4.51. The fourth-order valence-electron chi connectivity index (χ4n) is 1.28. The Bertz CT molecular complexity index is 320. The van der Waals surface area contributed by atoms with Gasteiger partial charge < -0.3 is 21.1 Å². The first kappa shape index (κ1) is 14.0. The van der Waals surface area contributed by atoms with Crippen molar-refractivity contribution in [3.8, 4) is 11.5 Å². The third kappa shape index (κ3) is 3.27. The topological polar surface area (TPSA) is 86.7 Å². The first-order chi connectivity index (χ1) is 6.56. The van der Waals surface area contributed by atoms with Gasteiger partial charge in [0, 0.05) is 11.6 Å². The molecule has 15 heavy (non-hydrogen) atoms. The van der Waals surface area contributed by atoms with E-state index < -0.39 is 12.1 Å². The molecule has 0 aliphatic carbocycles. The van der Waals surface area contributed by atoms with Gasteiger partial charge in [-0.3, -0.25) is 0 Å². The monoisotopic (exact) mass is 233 g/mol. The number of aliphatic hydroxyl groups excluding tert-OH is 1. The predicted molar refractivity (Wildman–Crippen MR) is 60.2 cm³/mol. The van der Waals surface area contributed by atoms with Crippen LogP contribution in [0.2, 0.25) is 0 Å². The largest absolute Gasteiger partial charge is 0.508 e. The molecule has 1 aromatic carbocycles. The third-order valence-electron chi connectivity index (χ3n) is 2.21. The summed E-state index contributed by atoms with van der Waals surface area (Å²) in [5.41, 5.74) is 6.15. The van der Waals surface area contributed by atoms with E-state index in [4.69, 9.17) is 10.8 Å². The Morgan fingerprint density at radius 1 is 1.33 bits per heavy atom. The Kier molecular flexibility index (Phi) is 5.43. The molecular formula is C10H16ClNO3. The standard InChI is InChI=1S/C10H15NO3.ClH/c1-2-8(13)10(11)7-4-3-6(12)5-9(7)14;/h3-5,8,10,12-14H,2,11H2,1H3;1H/t8-,10+;/m1./s1. The molecule has 0 spiro atoms. The number of aromatic hydroxyl groups is 2. The zero-order valence-corrected chi connectivity index (χ0v) is 9.24. The van der Waals surface area contributed by atoms with Gasteiger partial charge in [-0.1, -0.05) is 6.92 Å². The molecule has 0 unspecified atom stereocenters. The van der Waals surface area contributed by atoms with E-state index in [1.165, 1.54) is 18.2 Å². The molecule has 1 aromatic rings. The molecule has 0 aliphatic heterocycles. The van der Waals surface area contributed by atoms with Crippen LogP contribution in [0.4, 0.5) is 0 Å². The second kappa shape index (κ2) is 5.80. The molecular weight excluding hydrogens is 218 g/mol. The molecule has 0 saturated carbocycles. The highest BCUT2D eigenvalue weighted by Gasteiger charge is 2.18. The molecule has 0 aromatic heterocycles. The molecule has 0 aliphatic rings. The quantitative estimate of drug-likeness (QED) is 0.634. The highest BCUT2D eigenvalue weighted by Crippen LogP contribution is 2.28. The van der Waals surface area contributed by atoms with Crippen molar-refractivity contribution in [3.63, 3.8) is 0 Å². The Balaban J connectivity index is 0.00000196. The van der Waals surface area contributed by atoms with Gasteiger partial charge in [0.1, 0.15) is 11.5 Å². The first-order valence-electron chi connectivity index (χ1n) is 4.51. The second-order valence-electron chi connectivity index (χ2n) is 3.24. The summed E-state index contributed by atoms with van der Waals surface area (Å²) in [7, 11) is 0. The van der Waals surface area contributed by atoms with Crippen molar-refractivity contribution in [1.82, 2.24) is 0 Å². The van der Waals surface area contributed by atoms with Gasteiger partial charge in [0.2, 0.25) is 0 Å². The Morgan fingerprint density at radius 2 is 1.93 bits per heavy atom. The van der Waals surface area contributed by atoms with Crippen molar-refractivity contribution in [2.75, 3.05) is 0 Å². The molecule has 4 nitrogen and oxygen atoms in total. The number of halogens is 1. The summed E-state index contributed by atoms with van der Waals surface area (Å²) in [5, 5.41) is 28.0. The molecule has 0 saturated heterocycles. The normalized spacial score (nSPS) is 14.1. The number of hydrogen-bond acceptors (Lipinski definition) is 4. The highest BCUT2D eigenvalue weighted by atomic mass is 35.5. The number of benzene rings is 1. The number of nitrogens with two attached hydrogens (primary N) is 1. The lowest BCUT2D eigenvalue weighted by Gasteiger charge is -2.18. The van der Waals surface area contributed by atoms with Crippen molar-refractivity contribution in [2.24, 2.45) is 5.73 Å². The molecule has 1 rings (SSSR count). The van der Waals surface area contributed by atoms with E-state index in [2.05, 4.69) is 0 Å². The molecule has 2 atom stereocenters. The zero-order chi connectivity index (χ0) is 10.7. The number of phenolic OH excluding ortho intramolecular Hbond substituents is 2. The number of aliphatic hydroxyl groups is 1. The van der Waals surface area contributed by atoms with Crippen LogP contribution in [0.1, 0.15) is 24.9 Å². The maximum Gasteiger partial charge on any atom is 0.124 e. The van der Waals surface area contributed by atoms with Gasteiger partial charge in [0.15, 0.2) is 0 Å². The van der Waals surface area contributed by atoms with Crippen molar-refractivity contribution < 1.29 is 15.3 Å². The van der Waals surface area contributed by atoms with Crippen LogP contribution in [0.5, 0.6) is 11.5 Å². The van der Waals surface area contributed by atoms with Gasteiger partial charge in [0.05, 0.1) is 12.1 Å². The van der Waals surface area contributed by atoms with E-state index in [0.717, 1.165) is 0 Å². The number of phenols is 2. The SMILES string of the molecule is CC[C@@H](O)[C@@H](N)c1ccc(O)cc1O.Cl. The minimum atomic E-state index is -0.689. The fourth-order valence-corrected chi connectivity index (χ4v) is 1.28. The van der Waals surface area contributed by atoms with Crippen LogP contribution >= 0.6 is 12.4 Å². The van der Waals surface area contributed by atoms with Crippen LogP contribution in [0, 0.1) is 0 Å². The summed E-state index contributed by atoms with van der Waals surface area (Å²) in [6.07, 6.45) is -0.174. The molecule has 0 fully saturated rings. The van der Waals surface area contributed by atoms with E-state index >= 15 is 0 Å². The van der Waals surface area contributed by atoms with Gasteiger partial charge in [-0.25, -0.2) is 0 Å². The zero-order valence-electron chi connectivity index (χ0n) is 8.42. The summed E-state index contributed by atoms with van der Waals surface area (Å²) in [4.78, 5) is 0. The Hall–Kier alpha value is -0.970. The lowest BCUT2D eigenvalue weighted by atomic mass is 10.00. The van der Waals surface area contributed by atoms with Gasteiger partial charge in [-0.15, -0.1) is 12.4 Å². The molecule has 0 bridgehead atoms. The predicted octanol–water partition coefficient (Wildman–Crippen LogP) is 1.29. The van der Waals surface area contributed by atoms with Crippen molar-refractivity contribution >= 4 is 12.4 Å². The van der Waals surface area contributed by atoms with E-state index in [9.17, 15) is 10.2 Å². The summed E-state index contributed by atoms with van der Waals surface area (Å²) in [6.45, 7) is 1.81. The maximum atomic E-state index is 9.48. The minimum Gasteiger partial charge on any atom is -0.508 e. The average Bonchev–Trinajstić information content (AvgIpc) is 2.15. The maximum absolute atomic E-state index is 9.48. The molecule has 5 N–H and O–H groups in total. The average molecular weight is 234 g/mol. The Morgan fingerprint density at radius 3 is 2.40 bits per heavy atom. The second-order valence-corrected chi connectivity index (χ2v) is 3.24. The fraction of sp³-hybridized carbons (Fsp3) is 0.400. The highest BCUT2D eigenvalue weighted by molar-refractivity contribution is 5.85. The smallest absolute Gasteiger partial charge is 0.124 e. The van der Waals surface area contributed by atoms with Crippen LogP contribution < -0.4 is 5.73 Å². The molecule has 0 amide bonds. The van der Waals surface area contributed by atoms with E-state index in [0.29, 0.717) is 12.0 Å². The van der Waals surface area contributed by atoms with Crippen LogP contribution in [0.3, 0.4) is 0 Å². The van der Waals surface area contributed by atoms with Crippen LogP contribution in [0.15, 0.2) is 18.2 Å². The van der Waals surface area contributed by atoms with Crippen molar-refractivity contribution in [3.05, 3.63) is 23.8 Å². The molecule has 0 heterocycles. The summed E-state index contributed by atoms with van der Waals surface area (Å²) in [5.74, 6) is -0.116. The van der Waals surface area contributed by atoms with E-state index in [-0.39, 0.29) is 23.9 Å². The van der Waals surface area contributed by atoms with Crippen molar-refractivity contribution in [1.29, 1.82) is 0 Å². The third-order valence-corrected chi connectivity index (χ3v) is 2.21. The van der Waals surface area contributed by atoms with E-state index in [1.54, 1.807) is 0 Å². The molecule has 86 valence electrons. The van der Waals surface area contributed by atoms with E-state index in [1.807, 2.05) is 6.92 Å². The lowest BCUT2D eigenvalue weighted by Crippen LogP contribution is -2.25. The minimum absolute atomic E-state index is 0. The number of hydrogen-bond donors (Lipinski definition) is 4. The van der Waals surface area contributed by atoms with Crippen molar-refractivity contribution in [2.45, 2.75) is 25.5 Å². The van der Waals surface area contributed by atoms with Gasteiger partial charge in [-0.05, 0) is 18.6 Å². The molecule has 0 radical (unpaired) electrons. The van der Waals surface area contributed by atoms with Crippen LogP contribution in [-0.4, -0.2) is 21.4 Å². The van der Waals surface area contributed by atoms with Crippen LogP contribution in [0.25, 0.3) is 0 Å². The molecule has 5 heteroatoms. The summed E-state index contributed by atoms with van der Waals surface area (Å²) < 4.78 is 0.